The Morgan fingerprint density at radius 3 is 2.09 bits per heavy atom. The summed E-state index contributed by atoms with van der Waals surface area (Å²) in [5.74, 6) is 0.523. The highest BCUT2D eigenvalue weighted by molar-refractivity contribution is 7.89. The van der Waals surface area contributed by atoms with Crippen LogP contribution in [0, 0.1) is 0 Å². The van der Waals surface area contributed by atoms with Gasteiger partial charge in [-0.05, 0) is 30.2 Å². The zero-order valence-electron chi connectivity index (χ0n) is 19.9. The molecule has 0 fully saturated rings. The van der Waals surface area contributed by atoms with E-state index in [1.165, 1.54) is 19.2 Å². The Morgan fingerprint density at radius 2 is 1.49 bits per heavy atom. The highest BCUT2D eigenvalue weighted by Gasteiger charge is 2.30. The second kappa shape index (κ2) is 10.5. The molecule has 3 aromatic rings. The number of nitrogens with one attached hydrogen (secondary N) is 1. The lowest BCUT2D eigenvalue weighted by atomic mass is 9.76. The van der Waals surface area contributed by atoms with Crippen LogP contribution in [0.5, 0.6) is 11.5 Å². The Bertz CT molecular complexity index is 1220. The SMILES string of the molecule is CN(CC(=O)NCC(C)(c1ccccc1)c1ccccc1)S(=O)(=O)c1ccc2c(c1)OCCCO2. The molecule has 3 aromatic carbocycles. The number of fused-ring (bicyclic) bond motifs is 1. The number of carbonyl (C=O) groups is 1. The van der Waals surface area contributed by atoms with Crippen LogP contribution in [0.25, 0.3) is 0 Å². The maximum absolute atomic E-state index is 13.1. The van der Waals surface area contributed by atoms with Gasteiger partial charge in [0.25, 0.3) is 0 Å². The number of benzene rings is 3. The van der Waals surface area contributed by atoms with Gasteiger partial charge in [0.05, 0.1) is 24.7 Å². The van der Waals surface area contributed by atoms with E-state index in [1.807, 2.05) is 60.7 Å². The van der Waals surface area contributed by atoms with Gasteiger partial charge in [-0.2, -0.15) is 4.31 Å². The van der Waals surface area contributed by atoms with Crippen LogP contribution in [0.4, 0.5) is 0 Å². The number of nitrogens with zero attached hydrogens (tertiary/aromatic N) is 1. The molecule has 184 valence electrons. The first-order chi connectivity index (χ1) is 16.8. The summed E-state index contributed by atoms with van der Waals surface area (Å²) in [4.78, 5) is 12.9. The smallest absolute Gasteiger partial charge is 0.243 e. The highest BCUT2D eigenvalue weighted by Crippen LogP contribution is 2.33. The van der Waals surface area contributed by atoms with Gasteiger partial charge >= 0.3 is 0 Å². The third kappa shape index (κ3) is 5.49. The molecule has 4 rings (SSSR count). The summed E-state index contributed by atoms with van der Waals surface area (Å²) in [5, 5.41) is 2.94. The molecule has 0 unspecified atom stereocenters. The Balaban J connectivity index is 1.47. The average molecular weight is 495 g/mol. The Morgan fingerprint density at radius 1 is 0.914 bits per heavy atom. The van der Waals surface area contributed by atoms with E-state index in [-0.39, 0.29) is 17.3 Å². The summed E-state index contributed by atoms with van der Waals surface area (Å²) < 4.78 is 38.5. The molecule has 8 heteroatoms. The maximum Gasteiger partial charge on any atom is 0.243 e. The van der Waals surface area contributed by atoms with Gasteiger partial charge in [0, 0.05) is 31.5 Å². The van der Waals surface area contributed by atoms with Gasteiger partial charge in [0.1, 0.15) is 0 Å². The predicted molar refractivity (Wildman–Crippen MR) is 134 cm³/mol. The first kappa shape index (κ1) is 24.8. The standard InChI is InChI=1S/C27H30N2O5S/c1-27(21-10-5-3-6-11-21,22-12-7-4-8-13-22)20-28-26(30)19-29(2)35(31,32)23-14-15-24-25(18-23)34-17-9-16-33-24/h3-8,10-15,18H,9,16-17,19-20H2,1-2H3,(H,28,30). The van der Waals surface area contributed by atoms with Gasteiger partial charge in [-0.1, -0.05) is 60.7 Å². The summed E-state index contributed by atoms with van der Waals surface area (Å²) >= 11 is 0. The van der Waals surface area contributed by atoms with Crippen LogP contribution in [-0.4, -0.2) is 52.0 Å². The largest absolute Gasteiger partial charge is 0.490 e. The van der Waals surface area contributed by atoms with Crippen LogP contribution in [0.2, 0.25) is 0 Å². The van der Waals surface area contributed by atoms with Gasteiger partial charge in [0.15, 0.2) is 11.5 Å². The number of carbonyl (C=O) groups excluding carboxylic acids is 1. The van der Waals surface area contributed by atoms with Crippen LogP contribution < -0.4 is 14.8 Å². The van der Waals surface area contributed by atoms with Gasteiger partial charge in [-0.15, -0.1) is 0 Å². The molecule has 1 N–H and O–H groups in total. The quantitative estimate of drug-likeness (QED) is 0.517. The first-order valence-electron chi connectivity index (χ1n) is 11.5. The molecule has 0 spiro atoms. The summed E-state index contributed by atoms with van der Waals surface area (Å²) in [5.41, 5.74) is 1.63. The van der Waals surface area contributed by atoms with Crippen LogP contribution in [0.15, 0.2) is 83.8 Å². The van der Waals surface area contributed by atoms with E-state index in [1.54, 1.807) is 6.07 Å². The number of rotatable bonds is 8. The molecule has 1 aliphatic heterocycles. The fourth-order valence-corrected chi connectivity index (χ4v) is 5.23. The molecule has 1 heterocycles. The third-order valence-electron chi connectivity index (χ3n) is 6.25. The summed E-state index contributed by atoms with van der Waals surface area (Å²) in [6.45, 7) is 3.05. The van der Waals surface area contributed by atoms with Crippen molar-refractivity contribution >= 4 is 15.9 Å². The van der Waals surface area contributed by atoms with Crippen molar-refractivity contribution in [1.29, 1.82) is 0 Å². The van der Waals surface area contributed by atoms with Crippen molar-refractivity contribution in [3.8, 4) is 11.5 Å². The molecule has 7 nitrogen and oxygen atoms in total. The van der Waals surface area contributed by atoms with Crippen molar-refractivity contribution in [3.05, 3.63) is 90.0 Å². The molecule has 0 bridgehead atoms. The zero-order valence-corrected chi connectivity index (χ0v) is 20.8. The lowest BCUT2D eigenvalue weighted by molar-refractivity contribution is -0.121. The predicted octanol–water partition coefficient (Wildman–Crippen LogP) is 3.59. The van der Waals surface area contributed by atoms with E-state index in [0.717, 1.165) is 21.9 Å². The van der Waals surface area contributed by atoms with Crippen molar-refractivity contribution in [2.75, 3.05) is 33.4 Å². The third-order valence-corrected chi connectivity index (χ3v) is 8.05. The molecular weight excluding hydrogens is 464 g/mol. The van der Waals surface area contributed by atoms with Crippen LogP contribution in [0.1, 0.15) is 24.5 Å². The molecule has 1 aliphatic rings. The average Bonchev–Trinajstić information content (AvgIpc) is 3.13. The van der Waals surface area contributed by atoms with Crippen LogP contribution in [-0.2, 0) is 20.2 Å². The Kier molecular flexibility index (Phi) is 7.42. The number of ether oxygens (including phenoxy) is 2. The number of sulfonamides is 1. The normalized spacial score (nSPS) is 13.8. The maximum atomic E-state index is 13.1. The van der Waals surface area contributed by atoms with Crippen molar-refractivity contribution < 1.29 is 22.7 Å². The minimum atomic E-state index is -3.90. The zero-order chi connectivity index (χ0) is 24.9. The number of hydrogen-bond donors (Lipinski definition) is 1. The Hall–Kier alpha value is -3.36. The highest BCUT2D eigenvalue weighted by atomic mass is 32.2. The lowest BCUT2D eigenvalue weighted by Gasteiger charge is -2.31. The monoisotopic (exact) mass is 494 g/mol. The van der Waals surface area contributed by atoms with Crippen molar-refractivity contribution in [2.24, 2.45) is 0 Å². The molecule has 0 atom stereocenters. The number of amides is 1. The molecular formula is C27H30N2O5S. The molecule has 35 heavy (non-hydrogen) atoms. The second-order valence-electron chi connectivity index (χ2n) is 8.76. The minimum absolute atomic E-state index is 0.0514. The minimum Gasteiger partial charge on any atom is -0.490 e. The van der Waals surface area contributed by atoms with Gasteiger partial charge < -0.3 is 14.8 Å². The summed E-state index contributed by atoms with van der Waals surface area (Å²) in [7, 11) is -2.51. The molecule has 0 aromatic heterocycles. The van der Waals surface area contributed by atoms with Gasteiger partial charge in [-0.3, -0.25) is 4.79 Å². The van der Waals surface area contributed by atoms with E-state index in [2.05, 4.69) is 12.2 Å². The summed E-state index contributed by atoms with van der Waals surface area (Å²) in [6.07, 6.45) is 0.724. The molecule has 0 radical (unpaired) electrons. The lowest BCUT2D eigenvalue weighted by Crippen LogP contribution is -2.44. The van der Waals surface area contributed by atoms with Crippen molar-refractivity contribution in [2.45, 2.75) is 23.7 Å². The molecule has 1 amide bonds. The van der Waals surface area contributed by atoms with Gasteiger partial charge in [0.2, 0.25) is 15.9 Å². The van der Waals surface area contributed by atoms with Crippen LogP contribution >= 0.6 is 0 Å². The molecule has 0 aliphatic carbocycles. The Labute approximate surface area is 206 Å². The fourth-order valence-electron chi connectivity index (χ4n) is 4.09. The van der Waals surface area contributed by atoms with Crippen LogP contribution in [0.3, 0.4) is 0 Å². The van der Waals surface area contributed by atoms with E-state index >= 15 is 0 Å². The van der Waals surface area contributed by atoms with E-state index < -0.39 is 15.4 Å². The fraction of sp³-hybridized carbons (Fsp3) is 0.296. The second-order valence-corrected chi connectivity index (χ2v) is 10.8. The number of hydrogen-bond acceptors (Lipinski definition) is 5. The first-order valence-corrected chi connectivity index (χ1v) is 13.0. The van der Waals surface area contributed by atoms with Gasteiger partial charge in [-0.25, -0.2) is 8.42 Å². The molecule has 0 saturated carbocycles. The van der Waals surface area contributed by atoms with E-state index in [9.17, 15) is 13.2 Å². The van der Waals surface area contributed by atoms with E-state index in [4.69, 9.17) is 9.47 Å². The van der Waals surface area contributed by atoms with Crippen molar-refractivity contribution in [1.82, 2.24) is 9.62 Å². The van der Waals surface area contributed by atoms with Crippen molar-refractivity contribution in [3.63, 3.8) is 0 Å². The topological polar surface area (TPSA) is 84.9 Å². The van der Waals surface area contributed by atoms with E-state index in [0.29, 0.717) is 31.3 Å². The molecule has 0 saturated heterocycles. The number of likely N-dealkylation sites (N-methyl/N-ethyl adjacent to an activating group) is 1. The summed E-state index contributed by atoms with van der Waals surface area (Å²) in [6, 6.07) is 24.4.